The molecule has 10 heteroatoms. The van der Waals surface area contributed by atoms with Gasteiger partial charge < -0.3 is 9.80 Å². The van der Waals surface area contributed by atoms with E-state index in [0.29, 0.717) is 31.7 Å². The number of carbonyl (C=O) groups is 2. The lowest BCUT2D eigenvalue weighted by Crippen LogP contribution is -2.50. The number of benzene rings is 1. The quantitative estimate of drug-likeness (QED) is 0.769. The van der Waals surface area contributed by atoms with Crippen molar-refractivity contribution in [3.8, 4) is 0 Å². The standard InChI is InChI=1S/C19H23N5O4S/c1-14(2)22-29(27,28)16-5-3-4-15(12-16)18(25)23-8-10-24(11-9-23)19(26)17-13-20-6-7-21-17/h3-7,12-14,22H,8-11H2,1-2H3. The smallest absolute Gasteiger partial charge is 0.274 e. The van der Waals surface area contributed by atoms with Gasteiger partial charge in [0.05, 0.1) is 11.1 Å². The van der Waals surface area contributed by atoms with Crippen molar-refractivity contribution in [2.24, 2.45) is 0 Å². The molecule has 154 valence electrons. The van der Waals surface area contributed by atoms with Gasteiger partial charge in [-0.05, 0) is 32.0 Å². The number of aromatic nitrogens is 2. The summed E-state index contributed by atoms with van der Waals surface area (Å²) in [5, 5.41) is 0. The molecule has 1 aliphatic heterocycles. The van der Waals surface area contributed by atoms with Crippen molar-refractivity contribution in [3.05, 3.63) is 54.1 Å². The highest BCUT2D eigenvalue weighted by Gasteiger charge is 2.27. The molecular weight excluding hydrogens is 394 g/mol. The second-order valence-electron chi connectivity index (χ2n) is 6.98. The molecule has 2 heterocycles. The fourth-order valence-corrected chi connectivity index (χ4v) is 4.34. The fraction of sp³-hybridized carbons (Fsp3) is 0.368. The predicted octanol–water partition coefficient (Wildman–Crippen LogP) is 0.761. The summed E-state index contributed by atoms with van der Waals surface area (Å²) < 4.78 is 27.2. The van der Waals surface area contributed by atoms with Gasteiger partial charge >= 0.3 is 0 Å². The molecule has 1 fully saturated rings. The number of amides is 2. The van der Waals surface area contributed by atoms with Crippen molar-refractivity contribution in [2.45, 2.75) is 24.8 Å². The van der Waals surface area contributed by atoms with E-state index >= 15 is 0 Å². The Morgan fingerprint density at radius 1 is 1.03 bits per heavy atom. The number of hydrogen-bond acceptors (Lipinski definition) is 6. The van der Waals surface area contributed by atoms with Crippen LogP contribution in [-0.2, 0) is 10.0 Å². The number of nitrogens with zero attached hydrogens (tertiary/aromatic N) is 4. The van der Waals surface area contributed by atoms with Gasteiger partial charge in [0.1, 0.15) is 5.69 Å². The molecule has 1 aromatic carbocycles. The maximum absolute atomic E-state index is 12.8. The molecule has 0 unspecified atom stereocenters. The highest BCUT2D eigenvalue weighted by atomic mass is 32.2. The molecule has 1 saturated heterocycles. The van der Waals surface area contributed by atoms with Gasteiger partial charge in [0, 0.05) is 50.2 Å². The first-order valence-corrected chi connectivity index (χ1v) is 10.7. The van der Waals surface area contributed by atoms with Crippen molar-refractivity contribution < 1.29 is 18.0 Å². The first-order chi connectivity index (χ1) is 13.8. The van der Waals surface area contributed by atoms with Crippen LogP contribution in [0.2, 0.25) is 0 Å². The average molecular weight is 417 g/mol. The Kier molecular flexibility index (Phi) is 6.23. The predicted molar refractivity (Wildman–Crippen MR) is 106 cm³/mol. The first-order valence-electron chi connectivity index (χ1n) is 9.25. The molecule has 2 amide bonds. The third-order valence-electron chi connectivity index (χ3n) is 4.42. The molecule has 3 rings (SSSR count). The molecule has 0 bridgehead atoms. The molecular formula is C19H23N5O4S. The summed E-state index contributed by atoms with van der Waals surface area (Å²) >= 11 is 0. The van der Waals surface area contributed by atoms with Crippen LogP contribution >= 0.6 is 0 Å². The zero-order valence-corrected chi connectivity index (χ0v) is 17.1. The summed E-state index contributed by atoms with van der Waals surface area (Å²) in [6.45, 7) is 4.91. The van der Waals surface area contributed by atoms with Crippen LogP contribution in [0, 0.1) is 0 Å². The second-order valence-corrected chi connectivity index (χ2v) is 8.69. The summed E-state index contributed by atoms with van der Waals surface area (Å²) in [6, 6.07) is 5.73. The molecule has 2 aromatic rings. The zero-order valence-electron chi connectivity index (χ0n) is 16.3. The molecule has 9 nitrogen and oxygen atoms in total. The minimum atomic E-state index is -3.68. The van der Waals surface area contributed by atoms with Gasteiger partial charge in [0.25, 0.3) is 11.8 Å². The van der Waals surface area contributed by atoms with Gasteiger partial charge in [-0.15, -0.1) is 0 Å². The van der Waals surface area contributed by atoms with Gasteiger partial charge in [-0.2, -0.15) is 0 Å². The van der Waals surface area contributed by atoms with Gasteiger partial charge in [0.2, 0.25) is 10.0 Å². The van der Waals surface area contributed by atoms with E-state index in [1.807, 2.05) is 0 Å². The summed E-state index contributed by atoms with van der Waals surface area (Å²) in [6.07, 6.45) is 4.37. The lowest BCUT2D eigenvalue weighted by Gasteiger charge is -2.34. The normalized spacial score (nSPS) is 14.9. The van der Waals surface area contributed by atoms with Crippen LogP contribution in [0.5, 0.6) is 0 Å². The summed E-state index contributed by atoms with van der Waals surface area (Å²) in [5.74, 6) is -0.490. The molecule has 0 atom stereocenters. The minimum Gasteiger partial charge on any atom is -0.335 e. The Hall–Kier alpha value is -2.85. The molecule has 1 N–H and O–H groups in total. The third kappa shape index (κ3) is 4.96. The maximum Gasteiger partial charge on any atom is 0.274 e. The van der Waals surface area contributed by atoms with E-state index in [1.165, 1.54) is 30.7 Å². The maximum atomic E-state index is 12.8. The number of carbonyl (C=O) groups excluding carboxylic acids is 2. The topological polar surface area (TPSA) is 113 Å². The Morgan fingerprint density at radius 3 is 2.28 bits per heavy atom. The first kappa shape index (κ1) is 20.9. The van der Waals surface area contributed by atoms with Crippen molar-refractivity contribution in [1.82, 2.24) is 24.5 Å². The molecule has 0 saturated carbocycles. The number of piperazine rings is 1. The molecule has 1 aliphatic rings. The summed E-state index contributed by atoms with van der Waals surface area (Å²) in [7, 11) is -3.68. The van der Waals surface area contributed by atoms with Gasteiger partial charge in [0.15, 0.2) is 0 Å². The van der Waals surface area contributed by atoms with E-state index in [1.54, 1.807) is 35.8 Å². The van der Waals surface area contributed by atoms with Crippen LogP contribution in [0.4, 0.5) is 0 Å². The summed E-state index contributed by atoms with van der Waals surface area (Å²) in [5.41, 5.74) is 0.563. The number of hydrogen-bond donors (Lipinski definition) is 1. The van der Waals surface area contributed by atoms with Crippen LogP contribution in [0.15, 0.2) is 47.8 Å². The van der Waals surface area contributed by atoms with Gasteiger partial charge in [-0.1, -0.05) is 6.07 Å². The summed E-state index contributed by atoms with van der Waals surface area (Å²) in [4.78, 5) is 36.5. The molecule has 29 heavy (non-hydrogen) atoms. The van der Waals surface area contributed by atoms with Gasteiger partial charge in [-0.25, -0.2) is 18.1 Å². The fourth-order valence-electron chi connectivity index (χ4n) is 3.04. The molecule has 0 radical (unpaired) electrons. The Morgan fingerprint density at radius 2 is 1.69 bits per heavy atom. The van der Waals surface area contributed by atoms with Crippen molar-refractivity contribution in [3.63, 3.8) is 0 Å². The number of nitrogens with one attached hydrogen (secondary N) is 1. The van der Waals surface area contributed by atoms with Crippen LogP contribution in [0.1, 0.15) is 34.7 Å². The highest BCUT2D eigenvalue weighted by Crippen LogP contribution is 2.15. The third-order valence-corrected chi connectivity index (χ3v) is 6.07. The van der Waals surface area contributed by atoms with E-state index in [0.717, 1.165) is 0 Å². The monoisotopic (exact) mass is 417 g/mol. The molecule has 0 aliphatic carbocycles. The van der Waals surface area contributed by atoms with Crippen LogP contribution in [0.3, 0.4) is 0 Å². The SMILES string of the molecule is CC(C)NS(=O)(=O)c1cccc(C(=O)N2CCN(C(=O)c3cnccn3)CC2)c1. The van der Waals surface area contributed by atoms with Crippen LogP contribution in [0.25, 0.3) is 0 Å². The van der Waals surface area contributed by atoms with Crippen molar-refractivity contribution in [1.29, 1.82) is 0 Å². The lowest BCUT2D eigenvalue weighted by molar-refractivity contribution is 0.0532. The van der Waals surface area contributed by atoms with Crippen LogP contribution < -0.4 is 4.72 Å². The van der Waals surface area contributed by atoms with Crippen molar-refractivity contribution >= 4 is 21.8 Å². The molecule has 0 spiro atoms. The Bertz CT molecular complexity index is 987. The van der Waals surface area contributed by atoms with E-state index in [9.17, 15) is 18.0 Å². The highest BCUT2D eigenvalue weighted by molar-refractivity contribution is 7.89. The minimum absolute atomic E-state index is 0.0496. The molecule has 1 aromatic heterocycles. The Labute approximate surface area is 169 Å². The van der Waals surface area contributed by atoms with Gasteiger partial charge in [-0.3, -0.25) is 14.6 Å². The zero-order chi connectivity index (χ0) is 21.0. The Balaban J connectivity index is 1.67. The van der Waals surface area contributed by atoms with E-state index in [-0.39, 0.29) is 28.4 Å². The van der Waals surface area contributed by atoms with E-state index in [2.05, 4.69) is 14.7 Å². The van der Waals surface area contributed by atoms with E-state index < -0.39 is 10.0 Å². The largest absolute Gasteiger partial charge is 0.335 e. The van der Waals surface area contributed by atoms with Crippen molar-refractivity contribution in [2.75, 3.05) is 26.2 Å². The lowest BCUT2D eigenvalue weighted by atomic mass is 10.2. The number of sulfonamides is 1. The average Bonchev–Trinajstić information content (AvgIpc) is 2.72. The van der Waals surface area contributed by atoms with E-state index in [4.69, 9.17) is 0 Å². The van der Waals surface area contributed by atoms with Crippen LogP contribution in [-0.4, -0.2) is 72.2 Å². The number of rotatable bonds is 5. The second kappa shape index (κ2) is 8.66.